The van der Waals surface area contributed by atoms with Crippen molar-refractivity contribution in [3.63, 3.8) is 0 Å². The van der Waals surface area contributed by atoms with E-state index in [9.17, 15) is 15.0 Å². The van der Waals surface area contributed by atoms with Crippen LogP contribution >= 0.6 is 0 Å². The molecule has 4 aromatic carbocycles. The van der Waals surface area contributed by atoms with Gasteiger partial charge in [-0.3, -0.25) is 0 Å². The topological polar surface area (TPSA) is 76.0 Å². The molecule has 4 rings (SSSR count). The number of aromatic carboxylic acids is 1. The van der Waals surface area contributed by atoms with Gasteiger partial charge in [0.25, 0.3) is 0 Å². The van der Waals surface area contributed by atoms with E-state index in [0.29, 0.717) is 13.2 Å². The Bertz CT molecular complexity index is 1280. The third kappa shape index (κ3) is 4.93. The molecule has 0 aliphatic carbocycles. The first-order valence-electron chi connectivity index (χ1n) is 10.8. The Balaban J connectivity index is 1.36. The van der Waals surface area contributed by atoms with Crippen LogP contribution in [0.3, 0.4) is 0 Å². The second kappa shape index (κ2) is 9.25. The van der Waals surface area contributed by atoms with E-state index in [1.54, 1.807) is 6.07 Å². The molecule has 0 aliphatic heterocycles. The second-order valence-corrected chi connectivity index (χ2v) is 8.39. The maximum atomic E-state index is 11.4. The molecule has 33 heavy (non-hydrogen) atoms. The largest absolute Gasteiger partial charge is 0.507 e. The summed E-state index contributed by atoms with van der Waals surface area (Å²) in [7, 11) is 0. The standard InChI is InChI=1S/C28H26O5/c1-28(2,22-10-14-26(29)25(18-22)27(30)31)21-8-12-23(13-9-21)32-15-16-33-24-11-7-19-5-3-4-6-20(19)17-24/h3-14,17-18,29H,15-16H2,1-2H3,(H,30,31). The van der Waals surface area contributed by atoms with E-state index in [2.05, 4.69) is 12.1 Å². The third-order valence-corrected chi connectivity index (χ3v) is 5.87. The summed E-state index contributed by atoms with van der Waals surface area (Å²) in [5.41, 5.74) is 1.25. The van der Waals surface area contributed by atoms with E-state index in [1.165, 1.54) is 17.5 Å². The van der Waals surface area contributed by atoms with E-state index in [-0.39, 0.29) is 11.3 Å². The van der Waals surface area contributed by atoms with Crippen LogP contribution in [-0.4, -0.2) is 29.4 Å². The smallest absolute Gasteiger partial charge is 0.339 e. The first kappa shape index (κ1) is 22.2. The average Bonchev–Trinajstić information content (AvgIpc) is 2.82. The van der Waals surface area contributed by atoms with Crippen LogP contribution in [0.1, 0.15) is 35.3 Å². The van der Waals surface area contributed by atoms with Gasteiger partial charge in [-0.2, -0.15) is 0 Å². The summed E-state index contributed by atoms with van der Waals surface area (Å²) in [6.45, 7) is 4.86. The average molecular weight is 443 g/mol. The summed E-state index contributed by atoms with van der Waals surface area (Å²) >= 11 is 0. The molecule has 4 aromatic rings. The molecule has 2 N–H and O–H groups in total. The number of carboxylic acid groups (broad SMARTS) is 1. The summed E-state index contributed by atoms with van der Waals surface area (Å²) in [5.74, 6) is 0.147. The van der Waals surface area contributed by atoms with Crippen molar-refractivity contribution in [2.75, 3.05) is 13.2 Å². The fourth-order valence-electron chi connectivity index (χ4n) is 3.81. The van der Waals surface area contributed by atoms with E-state index in [4.69, 9.17) is 9.47 Å². The molecule has 0 saturated carbocycles. The fraction of sp³-hybridized carbons (Fsp3) is 0.179. The number of hydrogen-bond acceptors (Lipinski definition) is 4. The van der Waals surface area contributed by atoms with Crippen molar-refractivity contribution in [3.05, 3.63) is 102 Å². The molecule has 5 nitrogen and oxygen atoms in total. The Morgan fingerprint density at radius 1 is 0.758 bits per heavy atom. The highest BCUT2D eigenvalue weighted by Crippen LogP contribution is 2.34. The highest BCUT2D eigenvalue weighted by atomic mass is 16.5. The highest BCUT2D eigenvalue weighted by Gasteiger charge is 2.25. The minimum atomic E-state index is -1.15. The second-order valence-electron chi connectivity index (χ2n) is 8.39. The zero-order valence-corrected chi connectivity index (χ0v) is 18.6. The van der Waals surface area contributed by atoms with Gasteiger partial charge in [0.05, 0.1) is 0 Å². The molecule has 0 fully saturated rings. The van der Waals surface area contributed by atoms with Crippen LogP contribution in [0.4, 0.5) is 0 Å². The van der Waals surface area contributed by atoms with Gasteiger partial charge < -0.3 is 19.7 Å². The van der Waals surface area contributed by atoms with Crippen LogP contribution in [0.25, 0.3) is 10.8 Å². The van der Waals surface area contributed by atoms with Gasteiger partial charge in [0.2, 0.25) is 0 Å². The molecular weight excluding hydrogens is 416 g/mol. The van der Waals surface area contributed by atoms with Crippen molar-refractivity contribution in [1.29, 1.82) is 0 Å². The van der Waals surface area contributed by atoms with Gasteiger partial charge in [-0.1, -0.05) is 62.4 Å². The molecule has 0 radical (unpaired) electrons. The van der Waals surface area contributed by atoms with E-state index in [0.717, 1.165) is 28.0 Å². The molecule has 168 valence electrons. The Hall–Kier alpha value is -3.99. The Morgan fingerprint density at radius 2 is 1.36 bits per heavy atom. The predicted molar refractivity (Wildman–Crippen MR) is 129 cm³/mol. The maximum Gasteiger partial charge on any atom is 0.339 e. The number of benzene rings is 4. The van der Waals surface area contributed by atoms with Crippen molar-refractivity contribution < 1.29 is 24.5 Å². The molecule has 0 amide bonds. The number of rotatable bonds is 8. The van der Waals surface area contributed by atoms with E-state index in [1.807, 2.05) is 68.4 Å². The summed E-state index contributed by atoms with van der Waals surface area (Å²) < 4.78 is 11.6. The Morgan fingerprint density at radius 3 is 2.06 bits per heavy atom. The number of phenols is 1. The monoisotopic (exact) mass is 442 g/mol. The molecule has 0 heterocycles. The van der Waals surface area contributed by atoms with E-state index >= 15 is 0 Å². The Kier molecular flexibility index (Phi) is 6.22. The lowest BCUT2D eigenvalue weighted by atomic mass is 9.77. The number of carboxylic acids is 1. The van der Waals surface area contributed by atoms with Gasteiger partial charge in [0, 0.05) is 5.41 Å². The van der Waals surface area contributed by atoms with Crippen molar-refractivity contribution in [2.45, 2.75) is 19.3 Å². The molecule has 0 atom stereocenters. The van der Waals surface area contributed by atoms with Crippen molar-refractivity contribution in [2.24, 2.45) is 0 Å². The lowest BCUT2D eigenvalue weighted by Crippen LogP contribution is -2.19. The Labute approximate surface area is 192 Å². The lowest BCUT2D eigenvalue weighted by Gasteiger charge is -2.27. The number of hydrogen-bond donors (Lipinski definition) is 2. The zero-order chi connectivity index (χ0) is 23.4. The quantitative estimate of drug-likeness (QED) is 0.326. The first-order valence-corrected chi connectivity index (χ1v) is 10.8. The number of aromatic hydroxyl groups is 1. The van der Waals surface area contributed by atoms with Gasteiger partial charge in [0.1, 0.15) is 36.0 Å². The molecule has 5 heteroatoms. The fourth-order valence-corrected chi connectivity index (χ4v) is 3.81. The van der Waals surface area contributed by atoms with E-state index < -0.39 is 11.4 Å². The summed E-state index contributed by atoms with van der Waals surface area (Å²) in [6.07, 6.45) is 0. The molecule has 0 saturated heterocycles. The molecule has 0 spiro atoms. The van der Waals surface area contributed by atoms with Crippen LogP contribution in [0, 0.1) is 0 Å². The maximum absolute atomic E-state index is 11.4. The summed E-state index contributed by atoms with van der Waals surface area (Å²) in [5, 5.41) is 21.4. The molecule has 0 aliphatic rings. The van der Waals surface area contributed by atoms with Gasteiger partial charge in [-0.15, -0.1) is 0 Å². The van der Waals surface area contributed by atoms with Crippen LogP contribution in [0.15, 0.2) is 84.9 Å². The van der Waals surface area contributed by atoms with Gasteiger partial charge in [-0.25, -0.2) is 4.79 Å². The van der Waals surface area contributed by atoms with Crippen molar-refractivity contribution in [3.8, 4) is 17.2 Å². The summed E-state index contributed by atoms with van der Waals surface area (Å²) in [6, 6.07) is 26.6. The van der Waals surface area contributed by atoms with Gasteiger partial charge in [-0.05, 0) is 58.3 Å². The summed E-state index contributed by atoms with van der Waals surface area (Å²) in [4.78, 5) is 11.4. The minimum Gasteiger partial charge on any atom is -0.507 e. The lowest BCUT2D eigenvalue weighted by molar-refractivity contribution is 0.0693. The SMILES string of the molecule is CC(C)(c1ccc(OCCOc2ccc3ccccc3c2)cc1)c1ccc(O)c(C(=O)O)c1. The third-order valence-electron chi connectivity index (χ3n) is 5.87. The van der Waals surface area contributed by atoms with Crippen LogP contribution in [0.2, 0.25) is 0 Å². The first-order chi connectivity index (χ1) is 15.8. The van der Waals surface area contributed by atoms with Gasteiger partial charge >= 0.3 is 5.97 Å². The molecular formula is C28H26O5. The number of carbonyl (C=O) groups is 1. The zero-order valence-electron chi connectivity index (χ0n) is 18.6. The van der Waals surface area contributed by atoms with Crippen LogP contribution < -0.4 is 9.47 Å². The number of fused-ring (bicyclic) bond motifs is 1. The molecule has 0 aromatic heterocycles. The number of ether oxygens (including phenoxy) is 2. The van der Waals surface area contributed by atoms with Crippen molar-refractivity contribution in [1.82, 2.24) is 0 Å². The molecule has 0 bridgehead atoms. The van der Waals surface area contributed by atoms with Crippen molar-refractivity contribution >= 4 is 16.7 Å². The van der Waals surface area contributed by atoms with Crippen LogP contribution in [-0.2, 0) is 5.41 Å². The van der Waals surface area contributed by atoms with Crippen LogP contribution in [0.5, 0.6) is 17.2 Å². The molecule has 0 unspecified atom stereocenters. The minimum absolute atomic E-state index is 0.105. The van der Waals surface area contributed by atoms with Gasteiger partial charge in [0.15, 0.2) is 0 Å². The highest BCUT2D eigenvalue weighted by molar-refractivity contribution is 5.91. The normalized spacial score (nSPS) is 11.3. The predicted octanol–water partition coefficient (Wildman–Crippen LogP) is 6.03.